The number of hydrogen-bond donors (Lipinski definition) is 2. The predicted octanol–water partition coefficient (Wildman–Crippen LogP) is 7.29. The van der Waals surface area contributed by atoms with Crippen LogP contribution in [-0.2, 0) is 39.2 Å². The number of rotatable bonds is 19. The third-order valence-corrected chi connectivity index (χ3v) is 12.2. The SMILES string of the molecule is C/C=C\CCCCC[C@H](NC(=O)OC1CCCC1)C(=O)N1C[C@H](n2nc(-c3ccccc3)c(-c3ccccc3)n2)C[C@H]1C(=O)N[C@@H](CC)C(=O)OS(=O)(=O)Cc1ccccc1. The van der Waals surface area contributed by atoms with Crippen molar-refractivity contribution in [3.05, 3.63) is 109 Å². The fraction of sp³-hybridized carbons (Fsp3) is 0.435. The number of unbranched alkanes of at least 4 members (excludes halogenated alkanes) is 3. The van der Waals surface area contributed by atoms with Crippen molar-refractivity contribution in [1.82, 2.24) is 30.5 Å². The molecule has 1 aromatic heterocycles. The van der Waals surface area contributed by atoms with Crippen LogP contribution in [0, 0.1) is 0 Å². The lowest BCUT2D eigenvalue weighted by Crippen LogP contribution is -2.55. The van der Waals surface area contributed by atoms with Gasteiger partial charge in [0.2, 0.25) is 11.8 Å². The fourth-order valence-corrected chi connectivity index (χ4v) is 8.90. The third-order valence-electron chi connectivity index (χ3n) is 11.1. The van der Waals surface area contributed by atoms with Crippen molar-refractivity contribution in [2.24, 2.45) is 0 Å². The molecule has 4 aromatic rings. The highest BCUT2D eigenvalue weighted by Crippen LogP contribution is 2.34. The van der Waals surface area contributed by atoms with Gasteiger partial charge in [-0.05, 0) is 63.9 Å². The molecule has 3 aromatic carbocycles. The van der Waals surface area contributed by atoms with Gasteiger partial charge in [0.25, 0.3) is 0 Å². The summed E-state index contributed by atoms with van der Waals surface area (Å²) in [6.07, 6.45) is 10.2. The summed E-state index contributed by atoms with van der Waals surface area (Å²) in [7, 11) is -4.35. The van der Waals surface area contributed by atoms with Crippen molar-refractivity contribution in [3.8, 4) is 22.5 Å². The molecule has 4 atom stereocenters. The van der Waals surface area contributed by atoms with E-state index in [1.54, 1.807) is 37.3 Å². The molecule has 1 aliphatic heterocycles. The van der Waals surface area contributed by atoms with Gasteiger partial charge in [0.15, 0.2) is 0 Å². The normalized spacial score (nSPS) is 17.8. The average Bonchev–Trinajstić information content (AvgIpc) is 4.05. The van der Waals surface area contributed by atoms with E-state index < -0.39 is 63.9 Å². The number of alkyl carbamates (subject to hydrolysis) is 1. The van der Waals surface area contributed by atoms with Crippen LogP contribution in [0.4, 0.5) is 4.79 Å². The number of aromatic nitrogens is 3. The monoisotopic (exact) mass is 852 g/mol. The first-order valence-corrected chi connectivity index (χ1v) is 22.9. The van der Waals surface area contributed by atoms with Gasteiger partial charge in [-0.3, -0.25) is 9.59 Å². The molecule has 6 rings (SSSR count). The molecule has 0 spiro atoms. The maximum atomic E-state index is 14.8. The smallest absolute Gasteiger partial charge is 0.408 e. The lowest BCUT2D eigenvalue weighted by Gasteiger charge is -2.29. The van der Waals surface area contributed by atoms with Gasteiger partial charge >= 0.3 is 22.2 Å². The zero-order valence-corrected chi connectivity index (χ0v) is 35.7. The number of likely N-dealkylation sites (tertiary alicyclic amines) is 1. The van der Waals surface area contributed by atoms with Gasteiger partial charge in [-0.2, -0.15) is 23.4 Å². The maximum Gasteiger partial charge on any atom is 0.408 e. The zero-order valence-electron chi connectivity index (χ0n) is 34.9. The van der Waals surface area contributed by atoms with Crippen molar-refractivity contribution >= 4 is 34.0 Å². The van der Waals surface area contributed by atoms with Crippen molar-refractivity contribution in [1.29, 1.82) is 0 Å². The van der Waals surface area contributed by atoms with Crippen LogP contribution in [-0.4, -0.2) is 83.0 Å². The number of carbonyl (C=O) groups is 4. The molecule has 324 valence electrons. The molecular formula is C46H56N6O8S. The largest absolute Gasteiger partial charge is 0.446 e. The summed E-state index contributed by atoms with van der Waals surface area (Å²) >= 11 is 0. The van der Waals surface area contributed by atoms with Crippen molar-refractivity contribution in [2.75, 3.05) is 6.54 Å². The maximum absolute atomic E-state index is 14.8. The molecule has 0 bridgehead atoms. The molecule has 2 aliphatic rings. The van der Waals surface area contributed by atoms with E-state index in [4.69, 9.17) is 19.1 Å². The minimum Gasteiger partial charge on any atom is -0.446 e. The molecule has 1 saturated heterocycles. The number of nitrogens with zero attached hydrogens (tertiary/aromatic N) is 4. The van der Waals surface area contributed by atoms with Crippen molar-refractivity contribution in [3.63, 3.8) is 0 Å². The molecular weight excluding hydrogens is 797 g/mol. The standard InChI is InChI=1S/C46H56N6O8S/c1-3-5-6-7-8-18-29-39(48-46(56)59-37-27-19-20-28-37)44(54)51-31-36(52-49-41(34-23-14-10-15-24-34)42(50-52)35-25-16-11-17-26-35)30-40(51)43(53)47-38(4-2)45(55)60-61(57,58)32-33-21-12-9-13-22-33/h3,5,9-17,21-26,36-40H,4,6-8,18-20,27-32H2,1-2H3,(H,47,53)(H,48,56)/b5-3-/t36-,38+,39+,40+/m1/s1. The van der Waals surface area contributed by atoms with E-state index in [1.165, 1.54) is 9.70 Å². The summed E-state index contributed by atoms with van der Waals surface area (Å²) in [6, 6.07) is 23.4. The number of hydrogen-bond acceptors (Lipinski definition) is 10. The average molecular weight is 853 g/mol. The van der Waals surface area contributed by atoms with Gasteiger partial charge in [-0.15, -0.1) is 0 Å². The number of allylic oxidation sites excluding steroid dienone is 2. The molecule has 61 heavy (non-hydrogen) atoms. The Morgan fingerprint density at radius 2 is 1.43 bits per heavy atom. The molecule has 14 nitrogen and oxygen atoms in total. The van der Waals surface area contributed by atoms with Crippen LogP contribution in [0.3, 0.4) is 0 Å². The molecule has 0 radical (unpaired) electrons. The molecule has 0 unspecified atom stereocenters. The van der Waals surface area contributed by atoms with E-state index in [0.717, 1.165) is 56.1 Å². The Morgan fingerprint density at radius 1 is 0.820 bits per heavy atom. The summed E-state index contributed by atoms with van der Waals surface area (Å²) in [5, 5.41) is 15.4. The highest BCUT2D eigenvalue weighted by molar-refractivity contribution is 7.86. The third kappa shape index (κ3) is 12.4. The Morgan fingerprint density at radius 3 is 2.02 bits per heavy atom. The van der Waals surface area contributed by atoms with E-state index in [2.05, 4.69) is 16.7 Å². The van der Waals surface area contributed by atoms with Gasteiger partial charge in [-0.25, -0.2) is 9.59 Å². The molecule has 2 heterocycles. The Hall–Kier alpha value is -5.83. The zero-order chi connectivity index (χ0) is 43.2. The topological polar surface area (TPSA) is 179 Å². The predicted molar refractivity (Wildman–Crippen MR) is 231 cm³/mol. The molecule has 1 aliphatic carbocycles. The highest BCUT2D eigenvalue weighted by atomic mass is 32.2. The quantitative estimate of drug-likeness (QED) is 0.0553. The molecule has 3 amide bonds. The minimum absolute atomic E-state index is 0.0118. The summed E-state index contributed by atoms with van der Waals surface area (Å²) in [4.78, 5) is 58.8. The van der Waals surface area contributed by atoms with Gasteiger partial charge in [0.1, 0.15) is 41.4 Å². The van der Waals surface area contributed by atoms with Gasteiger partial charge in [0, 0.05) is 24.1 Å². The van der Waals surface area contributed by atoms with E-state index in [0.29, 0.717) is 29.8 Å². The van der Waals surface area contributed by atoms with E-state index in [9.17, 15) is 27.6 Å². The first-order valence-electron chi connectivity index (χ1n) is 21.3. The van der Waals surface area contributed by atoms with Gasteiger partial charge in [-0.1, -0.05) is 123 Å². The van der Waals surface area contributed by atoms with E-state index in [1.807, 2.05) is 73.7 Å². The Kier molecular flexibility index (Phi) is 15.8. The Bertz CT molecular complexity index is 2150. The van der Waals surface area contributed by atoms with Crippen LogP contribution in [0.25, 0.3) is 22.5 Å². The number of carbonyl (C=O) groups excluding carboxylic acids is 4. The second-order valence-corrected chi connectivity index (χ2v) is 17.2. The van der Waals surface area contributed by atoms with Gasteiger partial charge in [0.05, 0.1) is 6.04 Å². The molecule has 2 N–H and O–H groups in total. The summed E-state index contributed by atoms with van der Waals surface area (Å²) in [6.45, 7) is 3.60. The van der Waals surface area contributed by atoms with Crippen LogP contribution >= 0.6 is 0 Å². The van der Waals surface area contributed by atoms with Crippen LogP contribution in [0.5, 0.6) is 0 Å². The number of ether oxygens (including phenoxy) is 1. The van der Waals surface area contributed by atoms with Crippen LogP contribution in [0.2, 0.25) is 0 Å². The molecule has 2 fully saturated rings. The van der Waals surface area contributed by atoms with Gasteiger partial charge < -0.3 is 24.5 Å². The summed E-state index contributed by atoms with van der Waals surface area (Å²) < 4.78 is 36.5. The Balaban J connectivity index is 1.28. The van der Waals surface area contributed by atoms with E-state index in [-0.39, 0.29) is 25.5 Å². The van der Waals surface area contributed by atoms with Crippen molar-refractivity contribution < 1.29 is 36.5 Å². The first-order chi connectivity index (χ1) is 29.5. The number of amides is 3. The highest BCUT2D eigenvalue weighted by Gasteiger charge is 2.45. The lowest BCUT2D eigenvalue weighted by atomic mass is 10.0. The molecule has 15 heteroatoms. The number of benzene rings is 3. The lowest BCUT2D eigenvalue weighted by molar-refractivity contribution is -0.143. The van der Waals surface area contributed by atoms with Crippen LogP contribution in [0.1, 0.15) is 96.1 Å². The van der Waals surface area contributed by atoms with Crippen LogP contribution < -0.4 is 10.6 Å². The van der Waals surface area contributed by atoms with Crippen LogP contribution in [0.15, 0.2) is 103 Å². The van der Waals surface area contributed by atoms with E-state index >= 15 is 0 Å². The second-order valence-electron chi connectivity index (χ2n) is 15.6. The fourth-order valence-electron chi connectivity index (χ4n) is 7.87. The van der Waals surface area contributed by atoms with Crippen molar-refractivity contribution in [2.45, 2.75) is 121 Å². The Labute approximate surface area is 358 Å². The second kappa shape index (κ2) is 21.6. The number of nitrogens with one attached hydrogen (secondary N) is 2. The summed E-state index contributed by atoms with van der Waals surface area (Å²) in [5.41, 5.74) is 3.34. The minimum atomic E-state index is -4.35. The summed E-state index contributed by atoms with van der Waals surface area (Å²) in [5.74, 6) is -2.84. The molecule has 1 saturated carbocycles. The first kappa shape index (κ1) is 44.7.